The van der Waals surface area contributed by atoms with Gasteiger partial charge in [0, 0.05) is 36.2 Å². The van der Waals surface area contributed by atoms with Crippen LogP contribution in [0.4, 0.5) is 0 Å². The summed E-state index contributed by atoms with van der Waals surface area (Å²) >= 11 is 0. The third-order valence-electron chi connectivity index (χ3n) is 7.53. The first-order valence-corrected chi connectivity index (χ1v) is 13.0. The van der Waals surface area contributed by atoms with Crippen molar-refractivity contribution in [2.45, 2.75) is 83.0 Å². The molecule has 1 aliphatic carbocycles. The second-order valence-electron chi connectivity index (χ2n) is 9.84. The number of fused-ring (bicyclic) bond motifs is 1. The smallest absolute Gasteiger partial charge is 0.252 e. The van der Waals surface area contributed by atoms with Gasteiger partial charge in [-0.05, 0) is 66.8 Å². The number of nitrogens with zero attached hydrogens (tertiary/aromatic N) is 5. The molecular formula is C26H36N6O3. The van der Waals surface area contributed by atoms with Crippen LogP contribution < -0.4 is 10.3 Å². The van der Waals surface area contributed by atoms with Crippen molar-refractivity contribution >= 4 is 10.9 Å². The molecule has 1 aromatic carbocycles. The zero-order chi connectivity index (χ0) is 24.2. The standard InChI is InChI=1S/C26H36N6O3/c1-3-24(25-28-29-30-32(25)20-8-5-4-6-9-20)31(17-22-10-7-13-35-22)16-19-14-18-15-21(34-2)11-12-23(18)27-26(19)33/h11-12,14-15,20,22,24H,3-10,13,16-17H2,1-2H3,(H,27,33)/t22-,24-/m1/s1. The maximum absolute atomic E-state index is 13.1. The fourth-order valence-electron chi connectivity index (χ4n) is 5.65. The summed E-state index contributed by atoms with van der Waals surface area (Å²) in [7, 11) is 1.65. The van der Waals surface area contributed by atoms with Crippen molar-refractivity contribution in [3.63, 3.8) is 0 Å². The number of pyridine rings is 1. The minimum atomic E-state index is -0.0678. The van der Waals surface area contributed by atoms with Gasteiger partial charge >= 0.3 is 0 Å². The Hall–Kier alpha value is -2.78. The van der Waals surface area contributed by atoms with Gasteiger partial charge in [-0.1, -0.05) is 26.2 Å². The molecule has 1 N–H and O–H groups in total. The summed E-state index contributed by atoms with van der Waals surface area (Å²) in [6, 6.07) is 8.03. The zero-order valence-corrected chi connectivity index (χ0v) is 20.8. The molecule has 0 amide bonds. The average Bonchev–Trinajstić information content (AvgIpc) is 3.58. The molecule has 3 heterocycles. The predicted molar refractivity (Wildman–Crippen MR) is 133 cm³/mol. The van der Waals surface area contributed by atoms with Gasteiger partial charge in [-0.15, -0.1) is 5.10 Å². The third-order valence-corrected chi connectivity index (χ3v) is 7.53. The highest BCUT2D eigenvalue weighted by Crippen LogP contribution is 2.33. The first-order valence-electron chi connectivity index (χ1n) is 13.0. The molecule has 1 aliphatic heterocycles. The number of aromatic amines is 1. The molecule has 1 saturated heterocycles. The lowest BCUT2D eigenvalue weighted by atomic mass is 9.95. The van der Waals surface area contributed by atoms with Crippen LogP contribution >= 0.6 is 0 Å². The van der Waals surface area contributed by atoms with E-state index in [2.05, 4.69) is 37.0 Å². The number of nitrogens with one attached hydrogen (secondary N) is 1. The van der Waals surface area contributed by atoms with E-state index in [0.29, 0.717) is 12.6 Å². The second kappa shape index (κ2) is 10.9. The fourth-order valence-corrected chi connectivity index (χ4v) is 5.65. The van der Waals surface area contributed by atoms with Crippen LogP contribution in [0.15, 0.2) is 29.1 Å². The van der Waals surface area contributed by atoms with E-state index >= 15 is 0 Å². The van der Waals surface area contributed by atoms with Crippen LogP contribution in [-0.2, 0) is 11.3 Å². The molecule has 0 unspecified atom stereocenters. The van der Waals surface area contributed by atoms with Crippen LogP contribution in [0.1, 0.15) is 81.8 Å². The van der Waals surface area contributed by atoms with Gasteiger partial charge in [-0.25, -0.2) is 4.68 Å². The minimum absolute atomic E-state index is 0.00321. The van der Waals surface area contributed by atoms with Crippen molar-refractivity contribution in [2.24, 2.45) is 0 Å². The molecule has 188 valence electrons. The van der Waals surface area contributed by atoms with E-state index in [1.165, 1.54) is 19.3 Å². The maximum atomic E-state index is 13.1. The van der Waals surface area contributed by atoms with E-state index in [9.17, 15) is 4.79 Å². The fraction of sp³-hybridized carbons (Fsp3) is 0.615. The Morgan fingerprint density at radius 3 is 2.80 bits per heavy atom. The zero-order valence-electron chi connectivity index (χ0n) is 20.8. The Balaban J connectivity index is 1.48. The molecule has 2 aromatic heterocycles. The van der Waals surface area contributed by atoms with Crippen molar-refractivity contribution < 1.29 is 9.47 Å². The number of ether oxygens (including phenoxy) is 2. The van der Waals surface area contributed by atoms with Gasteiger partial charge in [0.2, 0.25) is 0 Å². The number of aromatic nitrogens is 5. The average molecular weight is 481 g/mol. The minimum Gasteiger partial charge on any atom is -0.497 e. The molecule has 3 aromatic rings. The van der Waals surface area contributed by atoms with E-state index in [1.54, 1.807) is 7.11 Å². The number of hydrogen-bond donors (Lipinski definition) is 1. The maximum Gasteiger partial charge on any atom is 0.252 e. The predicted octanol–water partition coefficient (Wildman–Crippen LogP) is 4.16. The van der Waals surface area contributed by atoms with Gasteiger partial charge in [0.15, 0.2) is 5.82 Å². The Morgan fingerprint density at radius 2 is 2.06 bits per heavy atom. The van der Waals surface area contributed by atoms with Crippen molar-refractivity contribution in [3.8, 4) is 5.75 Å². The molecule has 1 saturated carbocycles. The van der Waals surface area contributed by atoms with Crippen molar-refractivity contribution in [3.05, 3.63) is 46.0 Å². The summed E-state index contributed by atoms with van der Waals surface area (Å²) in [5.74, 6) is 1.67. The molecule has 2 aliphatic rings. The quantitative estimate of drug-likeness (QED) is 0.491. The lowest BCUT2D eigenvalue weighted by Crippen LogP contribution is -2.38. The molecule has 2 atom stereocenters. The summed E-state index contributed by atoms with van der Waals surface area (Å²) in [4.78, 5) is 18.5. The van der Waals surface area contributed by atoms with E-state index < -0.39 is 0 Å². The lowest BCUT2D eigenvalue weighted by Gasteiger charge is -2.33. The van der Waals surface area contributed by atoms with Crippen LogP contribution in [0.25, 0.3) is 10.9 Å². The molecule has 0 radical (unpaired) electrons. The first-order chi connectivity index (χ1) is 17.2. The number of tetrazole rings is 1. The number of methoxy groups -OCH3 is 1. The Morgan fingerprint density at radius 1 is 1.20 bits per heavy atom. The van der Waals surface area contributed by atoms with Crippen molar-refractivity contribution in [1.82, 2.24) is 30.1 Å². The van der Waals surface area contributed by atoms with Crippen LogP contribution in [0.3, 0.4) is 0 Å². The summed E-state index contributed by atoms with van der Waals surface area (Å²) in [5.41, 5.74) is 1.46. The normalized spacial score (nSPS) is 20.0. The lowest BCUT2D eigenvalue weighted by molar-refractivity contribution is 0.0481. The van der Waals surface area contributed by atoms with E-state index in [4.69, 9.17) is 9.47 Å². The molecule has 2 fully saturated rings. The highest BCUT2D eigenvalue weighted by atomic mass is 16.5. The van der Waals surface area contributed by atoms with Crippen LogP contribution in [0.5, 0.6) is 5.75 Å². The van der Waals surface area contributed by atoms with Gasteiger partial charge in [-0.2, -0.15) is 0 Å². The van der Waals surface area contributed by atoms with Gasteiger partial charge in [0.05, 0.1) is 25.3 Å². The van der Waals surface area contributed by atoms with Crippen molar-refractivity contribution in [2.75, 3.05) is 20.3 Å². The highest BCUT2D eigenvalue weighted by molar-refractivity contribution is 5.80. The second-order valence-corrected chi connectivity index (χ2v) is 9.84. The summed E-state index contributed by atoms with van der Waals surface area (Å²) in [5, 5.41) is 14.0. The molecule has 9 nitrogen and oxygen atoms in total. The number of H-pyrrole nitrogens is 1. The monoisotopic (exact) mass is 480 g/mol. The number of rotatable bonds is 9. The van der Waals surface area contributed by atoms with E-state index in [0.717, 1.165) is 73.3 Å². The third kappa shape index (κ3) is 5.26. The van der Waals surface area contributed by atoms with Gasteiger partial charge in [-0.3, -0.25) is 9.69 Å². The van der Waals surface area contributed by atoms with Crippen molar-refractivity contribution in [1.29, 1.82) is 0 Å². The summed E-state index contributed by atoms with van der Waals surface area (Å²) < 4.78 is 13.5. The van der Waals surface area contributed by atoms with Gasteiger partial charge < -0.3 is 14.5 Å². The molecular weight excluding hydrogens is 444 g/mol. The summed E-state index contributed by atoms with van der Waals surface area (Å²) in [6.45, 7) is 4.21. The van der Waals surface area contributed by atoms with Crippen LogP contribution in [-0.4, -0.2) is 56.5 Å². The molecule has 5 rings (SSSR count). The summed E-state index contributed by atoms with van der Waals surface area (Å²) in [6.07, 6.45) is 9.07. The molecule has 0 bridgehead atoms. The first kappa shape index (κ1) is 23.9. The molecule has 0 spiro atoms. The number of benzene rings is 1. The Labute approximate surface area is 205 Å². The number of hydrogen-bond acceptors (Lipinski definition) is 7. The Kier molecular flexibility index (Phi) is 7.43. The van der Waals surface area contributed by atoms with E-state index in [1.807, 2.05) is 24.3 Å². The highest BCUT2D eigenvalue weighted by Gasteiger charge is 2.31. The van der Waals surface area contributed by atoms with E-state index in [-0.39, 0.29) is 17.7 Å². The van der Waals surface area contributed by atoms with Crippen LogP contribution in [0, 0.1) is 0 Å². The largest absolute Gasteiger partial charge is 0.497 e. The topological polar surface area (TPSA) is 98.2 Å². The van der Waals surface area contributed by atoms with Crippen LogP contribution in [0.2, 0.25) is 0 Å². The molecule has 9 heteroatoms. The Bertz CT molecular complexity index is 1180. The SMILES string of the molecule is CC[C@H](c1nnnn1C1CCCCC1)N(Cc1cc2cc(OC)ccc2[nH]c1=O)C[C@H]1CCCO1. The van der Waals surface area contributed by atoms with Gasteiger partial charge in [0.1, 0.15) is 5.75 Å². The molecule has 35 heavy (non-hydrogen) atoms. The van der Waals surface area contributed by atoms with Gasteiger partial charge in [0.25, 0.3) is 5.56 Å².